The van der Waals surface area contributed by atoms with Gasteiger partial charge in [0.1, 0.15) is 12.0 Å². The van der Waals surface area contributed by atoms with Crippen LogP contribution >= 0.6 is 0 Å². The van der Waals surface area contributed by atoms with E-state index >= 15 is 0 Å². The third-order valence-electron chi connectivity index (χ3n) is 4.45. The molecule has 3 rings (SSSR count). The van der Waals surface area contributed by atoms with Crippen molar-refractivity contribution in [3.05, 3.63) is 75.8 Å². The molecule has 7 heteroatoms. The smallest absolute Gasteiger partial charge is 0.211 e. The number of nitrogens with one attached hydrogen (secondary N) is 2. The van der Waals surface area contributed by atoms with E-state index < -0.39 is 24.1 Å². The van der Waals surface area contributed by atoms with E-state index in [1.165, 1.54) is 0 Å². The van der Waals surface area contributed by atoms with Crippen molar-refractivity contribution in [1.82, 2.24) is 10.9 Å². The van der Waals surface area contributed by atoms with E-state index in [1.54, 1.807) is 24.3 Å². The lowest BCUT2D eigenvalue weighted by Crippen LogP contribution is -2.34. The third kappa shape index (κ3) is 3.23. The summed E-state index contributed by atoms with van der Waals surface area (Å²) in [5.41, 5.74) is 7.07. The van der Waals surface area contributed by atoms with Gasteiger partial charge in [-0.3, -0.25) is 10.1 Å². The van der Waals surface area contributed by atoms with Gasteiger partial charge in [-0.15, -0.1) is 0 Å². The van der Waals surface area contributed by atoms with Gasteiger partial charge in [0.15, 0.2) is 0 Å². The van der Waals surface area contributed by atoms with Crippen molar-refractivity contribution in [3.63, 3.8) is 0 Å². The van der Waals surface area contributed by atoms with Crippen molar-refractivity contribution in [1.29, 1.82) is 0 Å². The number of para-hydroxylation sites is 1. The quantitative estimate of drug-likeness (QED) is 0.489. The van der Waals surface area contributed by atoms with E-state index in [0.717, 1.165) is 5.56 Å². The predicted molar refractivity (Wildman–Crippen MR) is 87.7 cm³/mol. The van der Waals surface area contributed by atoms with Crippen LogP contribution in [0.2, 0.25) is 0 Å². The Bertz CT molecular complexity index is 710. The second-order valence-electron chi connectivity index (χ2n) is 5.88. The highest BCUT2D eigenvalue weighted by molar-refractivity contribution is 5.36. The summed E-state index contributed by atoms with van der Waals surface area (Å²) in [5, 5.41) is 31.7. The number of nitro groups is 1. The summed E-state index contributed by atoms with van der Waals surface area (Å²) in [5.74, 6) is -0.932. The minimum atomic E-state index is -0.972. The van der Waals surface area contributed by atoms with Crippen molar-refractivity contribution in [2.24, 2.45) is 5.92 Å². The molecule has 126 valence electrons. The molecule has 4 unspecified atom stereocenters. The summed E-state index contributed by atoms with van der Waals surface area (Å²) >= 11 is 0. The standard InChI is InChI=1S/C17H19N3O4/c21-14-9-5-4-8-12(14)16-15(17(22)19-18-16)13(10-20(23)24)11-6-2-1-3-7-11/h1-9,13,15-19,21-22H,10H2. The number of rotatable bonds is 5. The second kappa shape index (κ2) is 6.96. The number of hydrogen-bond donors (Lipinski definition) is 4. The molecule has 1 fully saturated rings. The zero-order valence-corrected chi connectivity index (χ0v) is 12.9. The minimum absolute atomic E-state index is 0.0869. The molecule has 1 aliphatic rings. The highest BCUT2D eigenvalue weighted by Crippen LogP contribution is 2.41. The Hall–Kier alpha value is -2.48. The molecule has 0 aromatic heterocycles. The zero-order chi connectivity index (χ0) is 17.1. The fraction of sp³-hybridized carbons (Fsp3) is 0.294. The maximum Gasteiger partial charge on any atom is 0.211 e. The van der Waals surface area contributed by atoms with Crippen LogP contribution in [-0.2, 0) is 0 Å². The molecule has 4 atom stereocenters. The van der Waals surface area contributed by atoms with Gasteiger partial charge in [0.05, 0.1) is 12.0 Å². The Morgan fingerprint density at radius 2 is 1.75 bits per heavy atom. The van der Waals surface area contributed by atoms with Gasteiger partial charge in [-0.1, -0.05) is 48.5 Å². The van der Waals surface area contributed by atoms with Gasteiger partial charge in [-0.25, -0.2) is 10.9 Å². The number of aromatic hydroxyl groups is 1. The van der Waals surface area contributed by atoms with Gasteiger partial charge in [-0.05, 0) is 11.6 Å². The van der Waals surface area contributed by atoms with Gasteiger partial charge in [0.2, 0.25) is 6.54 Å². The highest BCUT2D eigenvalue weighted by atomic mass is 16.6. The number of aliphatic hydroxyl groups is 1. The number of benzene rings is 2. The van der Waals surface area contributed by atoms with Crippen molar-refractivity contribution in [3.8, 4) is 5.75 Å². The molecule has 0 radical (unpaired) electrons. The van der Waals surface area contributed by atoms with Crippen LogP contribution in [0.5, 0.6) is 5.75 Å². The molecule has 7 nitrogen and oxygen atoms in total. The van der Waals surface area contributed by atoms with E-state index in [-0.39, 0.29) is 17.2 Å². The number of hydrogen-bond acceptors (Lipinski definition) is 6. The van der Waals surface area contributed by atoms with Gasteiger partial charge in [0, 0.05) is 16.4 Å². The molecule has 0 aliphatic carbocycles. The summed E-state index contributed by atoms with van der Waals surface area (Å²) in [6, 6.07) is 15.5. The van der Waals surface area contributed by atoms with Crippen LogP contribution in [-0.4, -0.2) is 27.9 Å². The maximum absolute atomic E-state index is 11.2. The molecule has 24 heavy (non-hydrogen) atoms. The topological polar surface area (TPSA) is 108 Å². The Labute approximate surface area is 139 Å². The highest BCUT2D eigenvalue weighted by Gasteiger charge is 2.44. The first-order chi connectivity index (χ1) is 11.6. The summed E-state index contributed by atoms with van der Waals surface area (Å²) in [7, 11) is 0. The van der Waals surface area contributed by atoms with Gasteiger partial charge in [0.25, 0.3) is 0 Å². The van der Waals surface area contributed by atoms with Crippen LogP contribution in [0, 0.1) is 16.0 Å². The Kier molecular flexibility index (Phi) is 4.75. The first-order valence-electron chi connectivity index (χ1n) is 7.71. The van der Waals surface area contributed by atoms with E-state index in [4.69, 9.17) is 0 Å². The maximum atomic E-state index is 11.2. The predicted octanol–water partition coefficient (Wildman–Crippen LogP) is 1.54. The van der Waals surface area contributed by atoms with E-state index in [1.807, 2.05) is 30.3 Å². The van der Waals surface area contributed by atoms with E-state index in [2.05, 4.69) is 10.9 Å². The molecule has 0 spiro atoms. The van der Waals surface area contributed by atoms with Crippen molar-refractivity contribution < 1.29 is 15.1 Å². The Morgan fingerprint density at radius 1 is 1.08 bits per heavy atom. The van der Waals surface area contributed by atoms with Crippen LogP contribution < -0.4 is 10.9 Å². The number of phenols is 1. The fourth-order valence-electron chi connectivity index (χ4n) is 3.35. The molecule has 1 saturated heterocycles. The number of hydrazine groups is 1. The van der Waals surface area contributed by atoms with Crippen LogP contribution in [0.25, 0.3) is 0 Å². The largest absolute Gasteiger partial charge is 0.508 e. The monoisotopic (exact) mass is 329 g/mol. The van der Waals surface area contributed by atoms with Gasteiger partial charge in [-0.2, -0.15) is 0 Å². The summed E-state index contributed by atoms with van der Waals surface area (Å²) in [6.07, 6.45) is -0.972. The Morgan fingerprint density at radius 3 is 2.42 bits per heavy atom. The number of aliphatic hydroxyl groups excluding tert-OH is 1. The van der Waals surface area contributed by atoms with Gasteiger partial charge < -0.3 is 10.2 Å². The van der Waals surface area contributed by atoms with Gasteiger partial charge >= 0.3 is 0 Å². The second-order valence-corrected chi connectivity index (χ2v) is 5.88. The van der Waals surface area contributed by atoms with E-state index in [0.29, 0.717) is 5.56 Å². The molecule has 2 aromatic rings. The third-order valence-corrected chi connectivity index (χ3v) is 4.45. The average molecular weight is 329 g/mol. The molecule has 1 aliphatic heterocycles. The van der Waals surface area contributed by atoms with Crippen LogP contribution in [0.1, 0.15) is 23.1 Å². The Balaban J connectivity index is 2.00. The molecule has 0 saturated carbocycles. The van der Waals surface area contributed by atoms with Crippen molar-refractivity contribution >= 4 is 0 Å². The summed E-state index contributed by atoms with van der Waals surface area (Å²) in [4.78, 5) is 10.8. The molecule has 0 bridgehead atoms. The SMILES string of the molecule is O=[N+]([O-])CC(c1ccccc1)C1C(O)NNC1c1ccccc1O. The molecular weight excluding hydrogens is 310 g/mol. The number of nitrogens with zero attached hydrogens (tertiary/aromatic N) is 1. The molecule has 0 amide bonds. The normalized spacial score (nSPS) is 24.6. The van der Waals surface area contributed by atoms with E-state index in [9.17, 15) is 20.3 Å². The zero-order valence-electron chi connectivity index (χ0n) is 12.9. The molecular formula is C17H19N3O4. The first kappa shape index (κ1) is 16.4. The molecule has 2 aromatic carbocycles. The minimum Gasteiger partial charge on any atom is -0.508 e. The lowest BCUT2D eigenvalue weighted by molar-refractivity contribution is -0.485. The van der Waals surface area contributed by atoms with Crippen LogP contribution in [0.15, 0.2) is 54.6 Å². The average Bonchev–Trinajstić information content (AvgIpc) is 2.95. The molecule has 1 heterocycles. The summed E-state index contributed by atoms with van der Waals surface area (Å²) < 4.78 is 0. The molecule has 4 N–H and O–H groups in total. The number of phenolic OH excluding ortho intramolecular Hbond substituents is 1. The first-order valence-corrected chi connectivity index (χ1v) is 7.71. The lowest BCUT2D eigenvalue weighted by Gasteiger charge is -2.27. The van der Waals surface area contributed by atoms with Crippen molar-refractivity contribution in [2.75, 3.05) is 6.54 Å². The van der Waals surface area contributed by atoms with Crippen LogP contribution in [0.3, 0.4) is 0 Å². The fourth-order valence-corrected chi connectivity index (χ4v) is 3.35. The van der Waals surface area contributed by atoms with Crippen molar-refractivity contribution in [2.45, 2.75) is 18.2 Å². The van der Waals surface area contributed by atoms with Crippen LogP contribution in [0.4, 0.5) is 0 Å². The summed E-state index contributed by atoms with van der Waals surface area (Å²) in [6.45, 7) is -0.306. The lowest BCUT2D eigenvalue weighted by atomic mass is 9.78.